The maximum atomic E-state index is 12.9. The molecule has 0 saturated heterocycles. The lowest BCUT2D eigenvalue weighted by molar-refractivity contribution is -0.112. The number of carbonyl (C=O) groups is 1. The molecule has 39 heavy (non-hydrogen) atoms. The van der Waals surface area contributed by atoms with Gasteiger partial charge in [-0.05, 0) is 72.2 Å². The van der Waals surface area contributed by atoms with Crippen LogP contribution in [0.4, 0.5) is 5.69 Å². The number of nitrogens with one attached hydrogen (secondary N) is 1. The first-order valence-corrected chi connectivity index (χ1v) is 13.5. The van der Waals surface area contributed by atoms with Crippen molar-refractivity contribution >= 4 is 45.2 Å². The van der Waals surface area contributed by atoms with Gasteiger partial charge in [-0.25, -0.2) is 0 Å². The zero-order chi connectivity index (χ0) is 27.6. The molecule has 0 atom stereocenters. The Labute approximate surface area is 241 Å². The molecule has 0 saturated carbocycles. The van der Waals surface area contributed by atoms with Crippen LogP contribution in [-0.2, 0) is 17.8 Å². The van der Waals surface area contributed by atoms with Gasteiger partial charge in [0.05, 0.1) is 6.61 Å². The van der Waals surface area contributed by atoms with Crippen LogP contribution in [0, 0.1) is 11.3 Å². The summed E-state index contributed by atoms with van der Waals surface area (Å²) >= 11 is 10.0. The molecule has 0 heterocycles. The molecule has 0 aromatic heterocycles. The largest absolute Gasteiger partial charge is 0.494 e. The molecule has 0 spiro atoms. The Morgan fingerprint density at radius 3 is 2.41 bits per heavy atom. The fraction of sp³-hybridized carbons (Fsp3) is 0.125. The molecule has 0 fully saturated rings. The lowest BCUT2D eigenvalue weighted by atomic mass is 10.0. The van der Waals surface area contributed by atoms with E-state index in [0.717, 1.165) is 21.2 Å². The Balaban J connectivity index is 1.48. The van der Waals surface area contributed by atoms with E-state index in [2.05, 4.69) is 21.2 Å². The number of nitriles is 1. The van der Waals surface area contributed by atoms with Crippen molar-refractivity contribution in [2.24, 2.45) is 0 Å². The van der Waals surface area contributed by atoms with Crippen molar-refractivity contribution in [2.75, 3.05) is 11.9 Å². The maximum Gasteiger partial charge on any atom is 0.266 e. The second kappa shape index (κ2) is 13.7. The highest BCUT2D eigenvalue weighted by Gasteiger charge is 2.15. The van der Waals surface area contributed by atoms with E-state index < -0.39 is 5.91 Å². The third kappa shape index (κ3) is 7.73. The van der Waals surface area contributed by atoms with Gasteiger partial charge in [0.15, 0.2) is 0 Å². The molecular formula is C32H26BrClN2O3. The van der Waals surface area contributed by atoms with E-state index in [0.29, 0.717) is 47.4 Å². The molecule has 0 radical (unpaired) electrons. The fourth-order valence-corrected chi connectivity index (χ4v) is 4.69. The Bertz CT molecular complexity index is 1510. The normalized spacial score (nSPS) is 11.0. The minimum atomic E-state index is -0.510. The Morgan fingerprint density at radius 2 is 1.72 bits per heavy atom. The molecule has 196 valence electrons. The summed E-state index contributed by atoms with van der Waals surface area (Å²) in [5.74, 6) is 0.824. The molecule has 4 aromatic rings. The number of hydrogen-bond donors (Lipinski definition) is 1. The molecule has 0 bridgehead atoms. The van der Waals surface area contributed by atoms with Gasteiger partial charge in [0.2, 0.25) is 0 Å². The molecule has 0 unspecified atom stereocenters. The third-order valence-corrected chi connectivity index (χ3v) is 6.91. The summed E-state index contributed by atoms with van der Waals surface area (Å²) in [6.07, 6.45) is 2.11. The molecule has 1 N–H and O–H groups in total. The minimum absolute atomic E-state index is 0.0346. The molecule has 4 aromatic carbocycles. The summed E-state index contributed by atoms with van der Waals surface area (Å²) in [7, 11) is 0. The second-order valence-electron chi connectivity index (χ2n) is 8.60. The van der Waals surface area contributed by atoms with Crippen molar-refractivity contribution in [1.29, 1.82) is 5.26 Å². The summed E-state index contributed by atoms with van der Waals surface area (Å²) in [6, 6.07) is 30.2. The zero-order valence-corrected chi connectivity index (χ0v) is 23.6. The lowest BCUT2D eigenvalue weighted by Gasteiger charge is -2.15. The van der Waals surface area contributed by atoms with Gasteiger partial charge in [0.25, 0.3) is 5.91 Å². The monoisotopic (exact) mass is 600 g/mol. The Kier molecular flexibility index (Phi) is 9.80. The van der Waals surface area contributed by atoms with Gasteiger partial charge in [-0.3, -0.25) is 4.79 Å². The van der Waals surface area contributed by atoms with Gasteiger partial charge in [-0.2, -0.15) is 5.26 Å². The van der Waals surface area contributed by atoms with E-state index in [-0.39, 0.29) is 5.57 Å². The number of anilines is 1. The van der Waals surface area contributed by atoms with E-state index in [9.17, 15) is 10.1 Å². The quantitative estimate of drug-likeness (QED) is 0.147. The van der Waals surface area contributed by atoms with Crippen LogP contribution in [0.5, 0.6) is 11.5 Å². The molecule has 0 aliphatic heterocycles. The van der Waals surface area contributed by atoms with Crippen LogP contribution in [0.25, 0.3) is 6.08 Å². The molecule has 0 aliphatic rings. The molecule has 1 amide bonds. The summed E-state index contributed by atoms with van der Waals surface area (Å²) in [6.45, 7) is 2.82. The summed E-state index contributed by atoms with van der Waals surface area (Å²) in [4.78, 5) is 12.9. The van der Waals surface area contributed by atoms with Gasteiger partial charge >= 0.3 is 0 Å². The number of halogens is 2. The highest BCUT2D eigenvalue weighted by Crippen LogP contribution is 2.33. The van der Waals surface area contributed by atoms with E-state index in [4.69, 9.17) is 21.1 Å². The van der Waals surface area contributed by atoms with E-state index in [1.54, 1.807) is 30.3 Å². The first-order chi connectivity index (χ1) is 19.0. The van der Waals surface area contributed by atoms with Crippen LogP contribution >= 0.6 is 27.5 Å². The van der Waals surface area contributed by atoms with Gasteiger partial charge in [0, 0.05) is 27.2 Å². The average molecular weight is 602 g/mol. The number of nitrogens with zero attached hydrogens (tertiary/aromatic N) is 1. The molecule has 5 nitrogen and oxygen atoms in total. The Hall–Kier alpha value is -4.05. The first-order valence-electron chi connectivity index (χ1n) is 12.4. The average Bonchev–Trinajstić information content (AvgIpc) is 2.95. The summed E-state index contributed by atoms with van der Waals surface area (Å²) in [5.41, 5.74) is 4.14. The maximum absolute atomic E-state index is 12.9. The number of amides is 1. The fourth-order valence-electron chi connectivity index (χ4n) is 3.89. The highest BCUT2D eigenvalue weighted by atomic mass is 79.9. The molecular weight excluding hydrogens is 576 g/mol. The van der Waals surface area contributed by atoms with Crippen LogP contribution in [0.2, 0.25) is 5.02 Å². The summed E-state index contributed by atoms with van der Waals surface area (Å²) < 4.78 is 12.5. The molecule has 4 rings (SSSR count). The highest BCUT2D eigenvalue weighted by molar-refractivity contribution is 9.10. The van der Waals surface area contributed by atoms with Crippen LogP contribution in [-0.4, -0.2) is 12.5 Å². The predicted molar refractivity (Wildman–Crippen MR) is 159 cm³/mol. The van der Waals surface area contributed by atoms with E-state index in [1.807, 2.05) is 79.7 Å². The number of carbonyl (C=O) groups excluding carboxylic acids is 1. The van der Waals surface area contributed by atoms with Crippen molar-refractivity contribution < 1.29 is 14.3 Å². The van der Waals surface area contributed by atoms with Crippen LogP contribution in [0.3, 0.4) is 0 Å². The van der Waals surface area contributed by atoms with Crippen LogP contribution in [0.15, 0.2) is 101 Å². The number of ether oxygens (including phenoxy) is 2. The standard InChI is InChI=1S/C32H26BrClN2O3/c1-2-38-31-18-23(17-29(33)28(31)19-24-10-6-7-11-30(24)34)16-25(20-35)32(37)36-26-12-14-27(15-13-26)39-21-22-8-4-3-5-9-22/h3-18H,2,19,21H2,1H3,(H,36,37)/b25-16+. The number of benzene rings is 4. The van der Waals surface area contributed by atoms with Crippen molar-refractivity contribution in [3.63, 3.8) is 0 Å². The van der Waals surface area contributed by atoms with Gasteiger partial charge < -0.3 is 14.8 Å². The van der Waals surface area contributed by atoms with Crippen molar-refractivity contribution in [3.05, 3.63) is 128 Å². The van der Waals surface area contributed by atoms with Gasteiger partial charge in [-0.1, -0.05) is 76.1 Å². The third-order valence-electron chi connectivity index (χ3n) is 5.84. The topological polar surface area (TPSA) is 71.3 Å². The first kappa shape index (κ1) is 28.0. The van der Waals surface area contributed by atoms with E-state index >= 15 is 0 Å². The summed E-state index contributed by atoms with van der Waals surface area (Å²) in [5, 5.41) is 13.2. The van der Waals surface area contributed by atoms with Gasteiger partial charge in [0.1, 0.15) is 29.7 Å². The van der Waals surface area contributed by atoms with Gasteiger partial charge in [-0.15, -0.1) is 0 Å². The second-order valence-corrected chi connectivity index (χ2v) is 9.86. The molecule has 0 aliphatic carbocycles. The van der Waals surface area contributed by atoms with Crippen LogP contribution < -0.4 is 14.8 Å². The number of rotatable bonds is 10. The molecule has 7 heteroatoms. The smallest absolute Gasteiger partial charge is 0.266 e. The van der Waals surface area contributed by atoms with Crippen molar-refractivity contribution in [1.82, 2.24) is 0 Å². The number of hydrogen-bond acceptors (Lipinski definition) is 4. The predicted octanol–water partition coefficient (Wildman–Crippen LogP) is 8.22. The lowest BCUT2D eigenvalue weighted by Crippen LogP contribution is -2.13. The zero-order valence-electron chi connectivity index (χ0n) is 21.3. The Morgan fingerprint density at radius 1 is 1.00 bits per heavy atom. The SMILES string of the molecule is CCOc1cc(/C=C(\C#N)C(=O)Nc2ccc(OCc3ccccc3)cc2)cc(Br)c1Cc1ccccc1Cl. The minimum Gasteiger partial charge on any atom is -0.494 e. The van der Waals surface area contributed by atoms with Crippen LogP contribution in [0.1, 0.15) is 29.2 Å². The van der Waals surface area contributed by atoms with Crippen molar-refractivity contribution in [3.8, 4) is 17.6 Å². The van der Waals surface area contributed by atoms with Crippen molar-refractivity contribution in [2.45, 2.75) is 20.0 Å². The van der Waals surface area contributed by atoms with E-state index in [1.165, 1.54) is 0 Å².